The summed E-state index contributed by atoms with van der Waals surface area (Å²) >= 11 is 0. The van der Waals surface area contributed by atoms with Gasteiger partial charge in [-0.05, 0) is 17.5 Å². The number of aliphatic hydroxyl groups excluding tert-OH is 1. The molecule has 0 spiro atoms. The predicted octanol–water partition coefficient (Wildman–Crippen LogP) is 0.728. The monoisotopic (exact) mass is 258 g/mol. The maximum Gasteiger partial charge on any atom is 0.127 e. The Morgan fingerprint density at radius 2 is 2.16 bits per heavy atom. The molecular formula is C15H18N2O2. The molecule has 2 aromatic rings. The average molecular weight is 258 g/mol. The maximum atomic E-state index is 9.77. The van der Waals surface area contributed by atoms with Crippen LogP contribution in [0.15, 0.2) is 30.3 Å². The lowest BCUT2D eigenvalue weighted by atomic mass is 10.1. The molecule has 0 bridgehead atoms. The molecule has 4 heteroatoms. The number of benzene rings is 1. The third-order valence-corrected chi connectivity index (χ3v) is 2.76. The third-order valence-electron chi connectivity index (χ3n) is 2.76. The molecule has 0 unspecified atom stereocenters. The number of aliphatic hydroxyl groups is 1. The van der Waals surface area contributed by atoms with Crippen LogP contribution in [0.2, 0.25) is 0 Å². The Balaban J connectivity index is 1.94. The fourth-order valence-electron chi connectivity index (χ4n) is 1.82. The Hall–Kier alpha value is -1.80. The van der Waals surface area contributed by atoms with Crippen LogP contribution in [0.5, 0.6) is 5.75 Å². The Kier molecular flexibility index (Phi) is 4.99. The van der Waals surface area contributed by atoms with E-state index in [0.29, 0.717) is 19.6 Å². The molecule has 4 nitrogen and oxygen atoms in total. The van der Waals surface area contributed by atoms with Gasteiger partial charge in [-0.1, -0.05) is 24.3 Å². The fraction of sp³-hybridized carbons (Fsp3) is 0.333. The highest BCUT2D eigenvalue weighted by Gasteiger charge is 2.06. The molecular weight excluding hydrogens is 240 g/mol. The zero-order chi connectivity index (χ0) is 13.5. The molecule has 0 aliphatic carbocycles. The zero-order valence-corrected chi connectivity index (χ0v) is 10.7. The van der Waals surface area contributed by atoms with Crippen molar-refractivity contribution in [3.05, 3.63) is 42.5 Å². The van der Waals surface area contributed by atoms with Crippen molar-refractivity contribution in [2.75, 3.05) is 26.2 Å². The second-order valence-electron chi connectivity index (χ2n) is 4.29. The van der Waals surface area contributed by atoms with Gasteiger partial charge in [-0.25, -0.2) is 0 Å². The average Bonchev–Trinajstić information content (AvgIpc) is 2.45. The summed E-state index contributed by atoms with van der Waals surface area (Å²) in [6, 6.07) is 15.3. The van der Waals surface area contributed by atoms with Crippen molar-refractivity contribution in [1.82, 2.24) is 5.32 Å². The van der Waals surface area contributed by atoms with Gasteiger partial charge in [0, 0.05) is 31.1 Å². The van der Waals surface area contributed by atoms with E-state index in [9.17, 15) is 5.11 Å². The minimum atomic E-state index is -0.555. The summed E-state index contributed by atoms with van der Waals surface area (Å²) in [7, 11) is 0. The highest BCUT2D eigenvalue weighted by molar-refractivity contribution is 5.87. The van der Waals surface area contributed by atoms with Crippen LogP contribution < -0.4 is 15.8 Å². The van der Waals surface area contributed by atoms with Gasteiger partial charge in [0.15, 0.2) is 0 Å². The third kappa shape index (κ3) is 3.83. The van der Waals surface area contributed by atoms with Crippen molar-refractivity contribution in [2.45, 2.75) is 6.10 Å². The van der Waals surface area contributed by atoms with Gasteiger partial charge in [-0.2, -0.15) is 0 Å². The minimum Gasteiger partial charge on any atom is -0.490 e. The second kappa shape index (κ2) is 6.95. The molecule has 0 saturated heterocycles. The van der Waals surface area contributed by atoms with Gasteiger partial charge in [-0.3, -0.25) is 0 Å². The van der Waals surface area contributed by atoms with Crippen molar-refractivity contribution < 1.29 is 9.84 Å². The topological polar surface area (TPSA) is 67.5 Å². The van der Waals surface area contributed by atoms with Crippen molar-refractivity contribution in [2.24, 2.45) is 5.73 Å². The zero-order valence-electron chi connectivity index (χ0n) is 10.7. The van der Waals surface area contributed by atoms with Gasteiger partial charge in [0.1, 0.15) is 18.5 Å². The van der Waals surface area contributed by atoms with E-state index in [1.54, 1.807) is 0 Å². The molecule has 2 rings (SSSR count). The quantitative estimate of drug-likeness (QED) is 0.640. The van der Waals surface area contributed by atoms with Gasteiger partial charge in [0.25, 0.3) is 0 Å². The summed E-state index contributed by atoms with van der Waals surface area (Å²) < 4.78 is 5.66. The van der Waals surface area contributed by atoms with E-state index in [4.69, 9.17) is 10.5 Å². The molecule has 0 heterocycles. The lowest BCUT2D eigenvalue weighted by Crippen LogP contribution is -2.34. The van der Waals surface area contributed by atoms with Crippen LogP contribution in [0.25, 0.3) is 10.8 Å². The van der Waals surface area contributed by atoms with Crippen LogP contribution in [-0.2, 0) is 0 Å². The van der Waals surface area contributed by atoms with Crippen molar-refractivity contribution >= 4 is 10.8 Å². The van der Waals surface area contributed by atoms with Crippen LogP contribution in [-0.4, -0.2) is 37.5 Å². The highest BCUT2D eigenvalue weighted by atomic mass is 16.5. The minimum absolute atomic E-state index is 0.245. The van der Waals surface area contributed by atoms with Gasteiger partial charge in [0.05, 0.1) is 0 Å². The van der Waals surface area contributed by atoms with Crippen molar-refractivity contribution in [1.29, 1.82) is 0 Å². The van der Waals surface area contributed by atoms with Crippen LogP contribution in [0.3, 0.4) is 0 Å². The summed E-state index contributed by atoms with van der Waals surface area (Å²) in [4.78, 5) is 0. The maximum absolute atomic E-state index is 9.77. The standard InChI is InChI=1S/C15H18N2O2/c16-8-9-17-10-13(18)11-19-15-7-3-5-12-4-1-2-6-14(12)15/h3-7,13,17-18H,8-11,16H2/t13-/m0/s1. The van der Waals surface area contributed by atoms with Crippen LogP contribution in [0.4, 0.5) is 0 Å². The first-order chi connectivity index (χ1) is 9.31. The van der Waals surface area contributed by atoms with Gasteiger partial charge >= 0.3 is 0 Å². The number of rotatable bonds is 7. The smallest absolute Gasteiger partial charge is 0.127 e. The van der Waals surface area contributed by atoms with Crippen LogP contribution in [0, 0.1) is 12.1 Å². The first kappa shape index (κ1) is 13.6. The van der Waals surface area contributed by atoms with E-state index in [1.807, 2.05) is 30.3 Å². The molecule has 0 amide bonds. The molecule has 100 valence electrons. The summed E-state index contributed by atoms with van der Waals surface area (Å²) in [6.45, 7) is 1.97. The first-order valence-corrected chi connectivity index (χ1v) is 6.33. The summed E-state index contributed by atoms with van der Waals surface area (Å²) in [5.74, 6) is 0.751. The molecule has 2 aromatic carbocycles. The Morgan fingerprint density at radius 1 is 1.32 bits per heavy atom. The normalized spacial score (nSPS) is 12.1. The Morgan fingerprint density at radius 3 is 3.00 bits per heavy atom. The fourth-order valence-corrected chi connectivity index (χ4v) is 1.82. The Labute approximate surface area is 113 Å². The molecule has 0 saturated carbocycles. The molecule has 1 atom stereocenters. The second-order valence-corrected chi connectivity index (χ2v) is 4.29. The molecule has 0 aliphatic heterocycles. The van der Waals surface area contributed by atoms with Gasteiger partial charge in [-0.15, -0.1) is 0 Å². The molecule has 0 aliphatic rings. The van der Waals surface area contributed by atoms with E-state index in [-0.39, 0.29) is 6.61 Å². The highest BCUT2D eigenvalue weighted by Crippen LogP contribution is 2.24. The van der Waals surface area contributed by atoms with Crippen LogP contribution in [0.1, 0.15) is 0 Å². The molecule has 4 N–H and O–H groups in total. The van der Waals surface area contributed by atoms with Gasteiger partial charge < -0.3 is 20.9 Å². The summed E-state index contributed by atoms with van der Waals surface area (Å²) in [5, 5.41) is 14.8. The SMILES string of the molecule is NCCNC[C@H](O)COc1cccc2cc#ccc12. The number of fused-ring (bicyclic) bond motifs is 1. The van der Waals surface area contributed by atoms with E-state index < -0.39 is 6.10 Å². The van der Waals surface area contributed by atoms with E-state index >= 15 is 0 Å². The largest absolute Gasteiger partial charge is 0.490 e. The number of nitrogens with one attached hydrogen (secondary N) is 1. The number of hydrogen-bond donors (Lipinski definition) is 3. The number of hydrogen-bond acceptors (Lipinski definition) is 4. The lowest BCUT2D eigenvalue weighted by Gasteiger charge is -2.14. The lowest BCUT2D eigenvalue weighted by molar-refractivity contribution is 0.107. The summed E-state index contributed by atoms with van der Waals surface area (Å²) in [6.07, 6.45) is -0.555. The predicted molar refractivity (Wildman–Crippen MR) is 75.0 cm³/mol. The first-order valence-electron chi connectivity index (χ1n) is 6.33. The van der Waals surface area contributed by atoms with Crippen LogP contribution >= 0.6 is 0 Å². The molecule has 19 heavy (non-hydrogen) atoms. The molecule has 0 radical (unpaired) electrons. The van der Waals surface area contributed by atoms with E-state index in [0.717, 1.165) is 16.5 Å². The molecule has 0 aromatic heterocycles. The summed E-state index contributed by atoms with van der Waals surface area (Å²) in [5.41, 5.74) is 5.36. The van der Waals surface area contributed by atoms with Crippen molar-refractivity contribution in [3.63, 3.8) is 0 Å². The molecule has 0 fully saturated rings. The Bertz CT molecular complexity index is 511. The van der Waals surface area contributed by atoms with E-state index in [1.165, 1.54) is 0 Å². The number of ether oxygens (including phenoxy) is 1. The number of nitrogens with two attached hydrogens (primary N) is 1. The van der Waals surface area contributed by atoms with Gasteiger partial charge in [0.2, 0.25) is 0 Å². The van der Waals surface area contributed by atoms with Crippen molar-refractivity contribution in [3.8, 4) is 5.75 Å². The van der Waals surface area contributed by atoms with E-state index in [2.05, 4.69) is 17.4 Å².